The van der Waals surface area contributed by atoms with Crippen LogP contribution in [0.5, 0.6) is 0 Å². The molecule has 1 amide bonds. The summed E-state index contributed by atoms with van der Waals surface area (Å²) in [7, 11) is 0. The average molecular weight is 199 g/mol. The van der Waals surface area contributed by atoms with E-state index in [0.717, 1.165) is 12.1 Å². The fourth-order valence-electron chi connectivity index (χ4n) is 0.942. The molecule has 0 aliphatic carbocycles. The molecule has 0 aliphatic rings. The molecule has 1 aromatic carbocycles. The van der Waals surface area contributed by atoms with Crippen LogP contribution in [0.3, 0.4) is 0 Å². The van der Waals surface area contributed by atoms with Crippen molar-refractivity contribution in [3.05, 3.63) is 29.3 Å². The molecular weight excluding hydrogens is 192 g/mol. The quantitative estimate of drug-likeness (QED) is 0.737. The number of nitrogens with one attached hydrogen (secondary N) is 1. The van der Waals surface area contributed by atoms with Gasteiger partial charge in [0.25, 0.3) is 0 Å². The minimum Gasteiger partial charge on any atom is -0.324 e. The summed E-state index contributed by atoms with van der Waals surface area (Å²) in [5, 5.41) is 2.10. The van der Waals surface area contributed by atoms with E-state index in [1.165, 1.54) is 6.92 Å². The highest BCUT2D eigenvalue weighted by Crippen LogP contribution is 2.19. The number of anilines is 1. The van der Waals surface area contributed by atoms with E-state index in [-0.39, 0.29) is 17.5 Å². The SMILES string of the molecule is CC(=O)Nc1ccc(C=O)c(F)c1F. The van der Waals surface area contributed by atoms with Crippen molar-refractivity contribution in [1.29, 1.82) is 0 Å². The van der Waals surface area contributed by atoms with Crippen molar-refractivity contribution in [3.8, 4) is 0 Å². The van der Waals surface area contributed by atoms with Crippen LogP contribution in [-0.4, -0.2) is 12.2 Å². The molecule has 0 radical (unpaired) electrons. The first-order valence-electron chi connectivity index (χ1n) is 3.77. The van der Waals surface area contributed by atoms with E-state index >= 15 is 0 Å². The molecule has 0 aliphatic heterocycles. The summed E-state index contributed by atoms with van der Waals surface area (Å²) in [6.07, 6.45) is 0.204. The van der Waals surface area contributed by atoms with Crippen LogP contribution in [0, 0.1) is 11.6 Å². The van der Waals surface area contributed by atoms with Crippen LogP contribution < -0.4 is 5.32 Å². The summed E-state index contributed by atoms with van der Waals surface area (Å²) in [5.74, 6) is -3.00. The zero-order valence-electron chi connectivity index (χ0n) is 7.30. The minimum atomic E-state index is -1.26. The summed E-state index contributed by atoms with van der Waals surface area (Å²) >= 11 is 0. The predicted octanol–water partition coefficient (Wildman–Crippen LogP) is 1.74. The van der Waals surface area contributed by atoms with Gasteiger partial charge in [0.2, 0.25) is 5.91 Å². The number of halogens is 2. The summed E-state index contributed by atoms with van der Waals surface area (Å²) in [4.78, 5) is 20.8. The van der Waals surface area contributed by atoms with E-state index in [2.05, 4.69) is 5.32 Å². The van der Waals surface area contributed by atoms with E-state index in [1.807, 2.05) is 0 Å². The van der Waals surface area contributed by atoms with Gasteiger partial charge in [-0.15, -0.1) is 0 Å². The molecule has 0 atom stereocenters. The molecule has 0 fully saturated rings. The number of carbonyl (C=O) groups is 2. The Kier molecular flexibility index (Phi) is 2.91. The molecule has 0 bridgehead atoms. The van der Waals surface area contributed by atoms with Crippen LogP contribution in [0.1, 0.15) is 17.3 Å². The Morgan fingerprint density at radius 3 is 2.50 bits per heavy atom. The topological polar surface area (TPSA) is 46.2 Å². The van der Waals surface area contributed by atoms with Gasteiger partial charge in [-0.3, -0.25) is 9.59 Å². The van der Waals surface area contributed by atoms with Gasteiger partial charge in [0.1, 0.15) is 0 Å². The van der Waals surface area contributed by atoms with E-state index < -0.39 is 17.5 Å². The fraction of sp³-hybridized carbons (Fsp3) is 0.111. The minimum absolute atomic E-state index is 0.204. The third-order valence-electron chi connectivity index (χ3n) is 1.55. The molecule has 1 N–H and O–H groups in total. The van der Waals surface area contributed by atoms with Crippen LogP contribution >= 0.6 is 0 Å². The lowest BCUT2D eigenvalue weighted by atomic mass is 10.2. The Balaban J connectivity index is 3.16. The van der Waals surface area contributed by atoms with Gasteiger partial charge in [-0.1, -0.05) is 0 Å². The maximum atomic E-state index is 13.1. The molecule has 1 aromatic rings. The average Bonchev–Trinajstić information content (AvgIpc) is 2.13. The summed E-state index contributed by atoms with van der Waals surface area (Å²) in [5.41, 5.74) is -0.655. The van der Waals surface area contributed by atoms with Gasteiger partial charge >= 0.3 is 0 Å². The summed E-state index contributed by atoms with van der Waals surface area (Å²) in [6.45, 7) is 1.17. The second-order valence-electron chi connectivity index (χ2n) is 2.63. The van der Waals surface area contributed by atoms with Gasteiger partial charge in [0.05, 0.1) is 11.3 Å². The maximum Gasteiger partial charge on any atom is 0.221 e. The number of rotatable bonds is 2. The highest BCUT2D eigenvalue weighted by atomic mass is 19.2. The second-order valence-corrected chi connectivity index (χ2v) is 2.63. The monoisotopic (exact) mass is 199 g/mol. The first-order valence-corrected chi connectivity index (χ1v) is 3.77. The number of hydrogen-bond donors (Lipinski definition) is 1. The molecule has 0 unspecified atom stereocenters. The summed E-state index contributed by atoms with van der Waals surface area (Å²) in [6, 6.07) is 2.22. The van der Waals surface area contributed by atoms with Crippen molar-refractivity contribution in [2.24, 2.45) is 0 Å². The first kappa shape index (κ1) is 10.3. The van der Waals surface area contributed by atoms with Gasteiger partial charge in [0.15, 0.2) is 17.9 Å². The van der Waals surface area contributed by atoms with Crippen LogP contribution in [0.4, 0.5) is 14.5 Å². The van der Waals surface area contributed by atoms with Crippen LogP contribution in [0.2, 0.25) is 0 Å². The lowest BCUT2D eigenvalue weighted by Gasteiger charge is -2.04. The number of aldehydes is 1. The zero-order valence-corrected chi connectivity index (χ0v) is 7.30. The van der Waals surface area contributed by atoms with Crippen molar-refractivity contribution in [2.75, 3.05) is 5.32 Å². The molecule has 3 nitrogen and oxygen atoms in total. The molecule has 0 saturated heterocycles. The van der Waals surface area contributed by atoms with Crippen molar-refractivity contribution < 1.29 is 18.4 Å². The number of amides is 1. The third kappa shape index (κ3) is 1.93. The van der Waals surface area contributed by atoms with Gasteiger partial charge in [-0.05, 0) is 12.1 Å². The Bertz CT molecular complexity index is 391. The molecule has 5 heteroatoms. The lowest BCUT2D eigenvalue weighted by molar-refractivity contribution is -0.114. The molecule has 0 aromatic heterocycles. The molecule has 1 rings (SSSR count). The number of carbonyl (C=O) groups excluding carboxylic acids is 2. The standard InChI is InChI=1S/C9H7F2NO2/c1-5(14)12-7-3-2-6(4-13)8(10)9(7)11/h2-4H,1H3,(H,12,14). The zero-order chi connectivity index (χ0) is 10.7. The molecule has 0 spiro atoms. The van der Waals surface area contributed by atoms with Crippen molar-refractivity contribution in [2.45, 2.75) is 6.92 Å². The molecule has 14 heavy (non-hydrogen) atoms. The van der Waals surface area contributed by atoms with Crippen molar-refractivity contribution in [1.82, 2.24) is 0 Å². The van der Waals surface area contributed by atoms with E-state index in [4.69, 9.17) is 0 Å². The van der Waals surface area contributed by atoms with Crippen molar-refractivity contribution >= 4 is 17.9 Å². The van der Waals surface area contributed by atoms with Crippen LogP contribution in [0.25, 0.3) is 0 Å². The first-order chi connectivity index (χ1) is 6.56. The third-order valence-corrected chi connectivity index (χ3v) is 1.55. The van der Waals surface area contributed by atoms with Gasteiger partial charge in [-0.2, -0.15) is 0 Å². The predicted molar refractivity (Wildman–Crippen MR) is 46.0 cm³/mol. The van der Waals surface area contributed by atoms with Gasteiger partial charge in [0, 0.05) is 6.92 Å². The Morgan fingerprint density at radius 1 is 1.36 bits per heavy atom. The molecule has 74 valence electrons. The van der Waals surface area contributed by atoms with E-state index in [0.29, 0.717) is 0 Å². The fourth-order valence-corrected chi connectivity index (χ4v) is 0.942. The highest BCUT2D eigenvalue weighted by molar-refractivity contribution is 5.89. The molecular formula is C9H7F2NO2. The number of benzene rings is 1. The van der Waals surface area contributed by atoms with E-state index in [1.54, 1.807) is 0 Å². The highest BCUT2D eigenvalue weighted by Gasteiger charge is 2.13. The van der Waals surface area contributed by atoms with Gasteiger partial charge in [-0.25, -0.2) is 8.78 Å². The molecule has 0 saturated carbocycles. The second kappa shape index (κ2) is 3.95. The lowest BCUT2D eigenvalue weighted by Crippen LogP contribution is -2.09. The van der Waals surface area contributed by atoms with E-state index in [9.17, 15) is 18.4 Å². The Hall–Kier alpha value is -1.78. The Labute approximate surface area is 78.7 Å². The molecule has 0 heterocycles. The maximum absolute atomic E-state index is 13.1. The Morgan fingerprint density at radius 2 is 2.00 bits per heavy atom. The van der Waals surface area contributed by atoms with Crippen molar-refractivity contribution in [3.63, 3.8) is 0 Å². The summed E-state index contributed by atoms with van der Waals surface area (Å²) < 4.78 is 26.0. The van der Waals surface area contributed by atoms with Crippen LogP contribution in [-0.2, 0) is 4.79 Å². The smallest absolute Gasteiger partial charge is 0.221 e. The normalized spacial score (nSPS) is 9.64. The number of hydrogen-bond acceptors (Lipinski definition) is 2. The van der Waals surface area contributed by atoms with Crippen LogP contribution in [0.15, 0.2) is 12.1 Å². The largest absolute Gasteiger partial charge is 0.324 e. The van der Waals surface area contributed by atoms with Gasteiger partial charge < -0.3 is 5.32 Å².